The molecule has 0 aliphatic heterocycles. The second-order valence-electron chi connectivity index (χ2n) is 6.81. The van der Waals surface area contributed by atoms with Gasteiger partial charge in [0, 0.05) is 12.5 Å². The van der Waals surface area contributed by atoms with E-state index in [9.17, 15) is 4.79 Å². The van der Waals surface area contributed by atoms with Crippen LogP contribution in [0, 0.1) is 6.92 Å². The number of methoxy groups -OCH3 is 1. The lowest BCUT2D eigenvalue weighted by Gasteiger charge is -2.15. The number of hydrogen-bond donors (Lipinski definition) is 1. The number of nitrogens with two attached hydrogens (primary N) is 1. The average Bonchev–Trinajstić information content (AvgIpc) is 2.70. The zero-order valence-electron chi connectivity index (χ0n) is 17.3. The number of Topliss-reactive ketones (excluding diaryl/α,β-unsaturated/α-hetero) is 1. The van der Waals surface area contributed by atoms with Gasteiger partial charge in [-0.15, -0.1) is 0 Å². The Hall–Kier alpha value is -2.69. The van der Waals surface area contributed by atoms with E-state index < -0.39 is 0 Å². The standard InChI is InChI=1S/C23H31NO4/c1-5-11-27-22-15-23(28-12-6-2)18(13-16(22)3)20(25)9-7-17-8-10-21(26-4)19(24)14-17/h8,10,13-15H,5-7,9,11-12,24H2,1-4H3. The minimum atomic E-state index is 0.0469. The molecule has 0 saturated carbocycles. The topological polar surface area (TPSA) is 70.8 Å². The van der Waals surface area contributed by atoms with Gasteiger partial charge in [-0.1, -0.05) is 19.9 Å². The molecule has 2 N–H and O–H groups in total. The summed E-state index contributed by atoms with van der Waals surface area (Å²) < 4.78 is 16.8. The molecule has 0 amide bonds. The van der Waals surface area contributed by atoms with E-state index in [2.05, 4.69) is 6.92 Å². The minimum absolute atomic E-state index is 0.0469. The molecule has 152 valence electrons. The molecule has 0 aliphatic rings. The number of carbonyl (C=O) groups is 1. The predicted octanol–water partition coefficient (Wildman–Crippen LogP) is 4.98. The van der Waals surface area contributed by atoms with Gasteiger partial charge in [-0.2, -0.15) is 0 Å². The highest BCUT2D eigenvalue weighted by Crippen LogP contribution is 2.31. The molecule has 0 heterocycles. The van der Waals surface area contributed by atoms with E-state index >= 15 is 0 Å². The van der Waals surface area contributed by atoms with Gasteiger partial charge < -0.3 is 19.9 Å². The van der Waals surface area contributed by atoms with Gasteiger partial charge in [-0.3, -0.25) is 4.79 Å². The summed E-state index contributed by atoms with van der Waals surface area (Å²) in [4.78, 5) is 12.9. The molecule has 2 rings (SSSR count). The monoisotopic (exact) mass is 385 g/mol. The first-order chi connectivity index (χ1) is 13.5. The molecule has 0 atom stereocenters. The number of carbonyl (C=O) groups excluding carboxylic acids is 1. The summed E-state index contributed by atoms with van der Waals surface area (Å²) in [7, 11) is 1.59. The molecule has 0 saturated heterocycles. The van der Waals surface area contributed by atoms with Crippen LogP contribution < -0.4 is 19.9 Å². The van der Waals surface area contributed by atoms with Gasteiger partial charge in [0.1, 0.15) is 17.2 Å². The van der Waals surface area contributed by atoms with E-state index in [0.717, 1.165) is 29.7 Å². The van der Waals surface area contributed by atoms with Gasteiger partial charge >= 0.3 is 0 Å². The Kier molecular flexibility index (Phi) is 8.18. The van der Waals surface area contributed by atoms with Crippen molar-refractivity contribution in [2.75, 3.05) is 26.1 Å². The number of rotatable bonds is 11. The summed E-state index contributed by atoms with van der Waals surface area (Å²) >= 11 is 0. The van der Waals surface area contributed by atoms with Gasteiger partial charge in [0.25, 0.3) is 0 Å². The third-order valence-corrected chi connectivity index (χ3v) is 4.44. The van der Waals surface area contributed by atoms with Gasteiger partial charge in [0.15, 0.2) is 5.78 Å². The van der Waals surface area contributed by atoms with Crippen LogP contribution in [0.3, 0.4) is 0 Å². The molecule has 0 unspecified atom stereocenters. The summed E-state index contributed by atoms with van der Waals surface area (Å²) in [6, 6.07) is 9.34. The second-order valence-corrected chi connectivity index (χ2v) is 6.81. The Labute approximate surface area is 167 Å². The van der Waals surface area contributed by atoms with Crippen LogP contribution >= 0.6 is 0 Å². The van der Waals surface area contributed by atoms with Crippen LogP contribution in [-0.2, 0) is 6.42 Å². The molecule has 5 nitrogen and oxygen atoms in total. The van der Waals surface area contributed by atoms with Gasteiger partial charge in [0.05, 0.1) is 31.6 Å². The van der Waals surface area contributed by atoms with Crippen molar-refractivity contribution in [3.05, 3.63) is 47.0 Å². The number of hydrogen-bond acceptors (Lipinski definition) is 5. The third kappa shape index (κ3) is 5.65. The fraction of sp³-hybridized carbons (Fsp3) is 0.435. The summed E-state index contributed by atoms with van der Waals surface area (Å²) in [5.41, 5.74) is 9.09. The van der Waals surface area contributed by atoms with Crippen molar-refractivity contribution in [3.8, 4) is 17.2 Å². The smallest absolute Gasteiger partial charge is 0.166 e. The zero-order valence-corrected chi connectivity index (χ0v) is 17.3. The Morgan fingerprint density at radius 1 is 0.964 bits per heavy atom. The zero-order chi connectivity index (χ0) is 20.5. The lowest BCUT2D eigenvalue weighted by Crippen LogP contribution is -2.08. The summed E-state index contributed by atoms with van der Waals surface area (Å²) in [6.07, 6.45) is 2.78. The third-order valence-electron chi connectivity index (χ3n) is 4.44. The largest absolute Gasteiger partial charge is 0.495 e. The molecule has 2 aromatic carbocycles. The maximum atomic E-state index is 12.9. The molecule has 0 fully saturated rings. The first-order valence-electron chi connectivity index (χ1n) is 9.85. The van der Waals surface area contributed by atoms with Crippen molar-refractivity contribution in [2.24, 2.45) is 0 Å². The quantitative estimate of drug-likeness (QED) is 0.436. The Bertz CT molecular complexity index is 801. The highest BCUT2D eigenvalue weighted by Gasteiger charge is 2.17. The van der Waals surface area contributed by atoms with Crippen molar-refractivity contribution in [3.63, 3.8) is 0 Å². The molecule has 28 heavy (non-hydrogen) atoms. The van der Waals surface area contributed by atoms with Crippen molar-refractivity contribution in [2.45, 2.75) is 46.5 Å². The van der Waals surface area contributed by atoms with E-state index in [-0.39, 0.29) is 5.78 Å². The van der Waals surface area contributed by atoms with Gasteiger partial charge in [-0.25, -0.2) is 0 Å². The Balaban J connectivity index is 2.17. The SMILES string of the molecule is CCCOc1cc(OCCC)c(C(=O)CCc2ccc(OC)c(N)c2)cc1C. The molecule has 0 aliphatic carbocycles. The fourth-order valence-corrected chi connectivity index (χ4v) is 2.92. The first kappa shape index (κ1) is 21.6. The van der Waals surface area contributed by atoms with Crippen molar-refractivity contribution in [1.82, 2.24) is 0 Å². The Morgan fingerprint density at radius 3 is 2.25 bits per heavy atom. The molecule has 0 spiro atoms. The number of anilines is 1. The maximum absolute atomic E-state index is 12.9. The van der Waals surface area contributed by atoms with Crippen molar-refractivity contribution >= 4 is 11.5 Å². The van der Waals surface area contributed by atoms with Crippen LogP contribution in [0.4, 0.5) is 5.69 Å². The molecule has 0 radical (unpaired) electrons. The lowest BCUT2D eigenvalue weighted by molar-refractivity contribution is 0.0978. The summed E-state index contributed by atoms with van der Waals surface area (Å²) in [5, 5.41) is 0. The highest BCUT2D eigenvalue weighted by molar-refractivity contribution is 5.99. The predicted molar refractivity (Wildman–Crippen MR) is 113 cm³/mol. The highest BCUT2D eigenvalue weighted by atomic mass is 16.5. The number of benzene rings is 2. The van der Waals surface area contributed by atoms with Crippen LogP contribution in [-0.4, -0.2) is 26.1 Å². The number of aryl methyl sites for hydroxylation is 2. The van der Waals surface area contributed by atoms with Crippen molar-refractivity contribution in [1.29, 1.82) is 0 Å². The molecule has 0 aromatic heterocycles. The number of ketones is 1. The van der Waals surface area contributed by atoms with Crippen LogP contribution in [0.25, 0.3) is 0 Å². The fourth-order valence-electron chi connectivity index (χ4n) is 2.92. The maximum Gasteiger partial charge on any atom is 0.166 e. The average molecular weight is 386 g/mol. The summed E-state index contributed by atoms with van der Waals surface area (Å²) in [5.74, 6) is 2.06. The normalized spacial score (nSPS) is 10.6. The molecule has 2 aromatic rings. The van der Waals surface area contributed by atoms with Gasteiger partial charge in [-0.05, 0) is 55.5 Å². The molecular formula is C23H31NO4. The van der Waals surface area contributed by atoms with Crippen LogP contribution in [0.15, 0.2) is 30.3 Å². The van der Waals surface area contributed by atoms with Gasteiger partial charge in [0.2, 0.25) is 0 Å². The van der Waals surface area contributed by atoms with E-state index in [1.165, 1.54) is 0 Å². The minimum Gasteiger partial charge on any atom is -0.495 e. The van der Waals surface area contributed by atoms with E-state index in [0.29, 0.717) is 48.8 Å². The van der Waals surface area contributed by atoms with Crippen molar-refractivity contribution < 1.29 is 19.0 Å². The molecular weight excluding hydrogens is 354 g/mol. The van der Waals surface area contributed by atoms with E-state index in [1.54, 1.807) is 7.11 Å². The van der Waals surface area contributed by atoms with E-state index in [1.807, 2.05) is 44.2 Å². The van der Waals surface area contributed by atoms with Crippen LogP contribution in [0.5, 0.6) is 17.2 Å². The van der Waals surface area contributed by atoms with Crippen LogP contribution in [0.2, 0.25) is 0 Å². The molecule has 0 bridgehead atoms. The lowest BCUT2D eigenvalue weighted by atomic mass is 9.99. The van der Waals surface area contributed by atoms with E-state index in [4.69, 9.17) is 19.9 Å². The Morgan fingerprint density at radius 2 is 1.64 bits per heavy atom. The number of nitrogen functional groups attached to an aromatic ring is 1. The first-order valence-corrected chi connectivity index (χ1v) is 9.85. The summed E-state index contributed by atoms with van der Waals surface area (Å²) in [6.45, 7) is 7.26. The second kappa shape index (κ2) is 10.6. The number of ether oxygens (including phenoxy) is 3. The molecule has 5 heteroatoms. The van der Waals surface area contributed by atoms with Crippen LogP contribution in [0.1, 0.15) is 54.6 Å².